The molecule has 0 amide bonds. The monoisotopic (exact) mass is 1650 g/mol. The lowest BCUT2D eigenvalue weighted by Crippen LogP contribution is -2.52. The van der Waals surface area contributed by atoms with E-state index in [1.165, 1.54) is 199 Å². The van der Waals surface area contributed by atoms with Crippen molar-refractivity contribution in [2.75, 3.05) is 0 Å². The Morgan fingerprint density at radius 2 is 0.597 bits per heavy atom. The van der Waals surface area contributed by atoms with Gasteiger partial charge in [-0.05, 0) is 458 Å². The molecule has 0 radical (unpaired) electrons. The van der Waals surface area contributed by atoms with E-state index in [2.05, 4.69) is 180 Å². The Balaban J connectivity index is 0.000000140. The molecular formula is C119H218. The van der Waals surface area contributed by atoms with Crippen molar-refractivity contribution in [3.63, 3.8) is 0 Å². The molecular weight excluding hydrogens is 1430 g/mol. The average Bonchev–Trinajstić information content (AvgIpc) is 1.07. The molecule has 31 unspecified atom stereocenters. The average molecular weight is 1650 g/mol. The van der Waals surface area contributed by atoms with Gasteiger partial charge in [0.25, 0.3) is 0 Å². The second-order valence-electron chi connectivity index (χ2n) is 54.2. The molecule has 0 heterocycles. The Kier molecular flexibility index (Phi) is 37.0. The smallest absolute Gasteiger partial charge is 0.0261 e. The summed E-state index contributed by atoms with van der Waals surface area (Å²) >= 11 is 0. The summed E-state index contributed by atoms with van der Waals surface area (Å²) in [6.07, 6.45) is 80.4. The maximum absolute atomic E-state index is 2.69. The van der Waals surface area contributed by atoms with Crippen molar-refractivity contribution in [2.45, 2.75) is 520 Å². The lowest BCUT2D eigenvalue weighted by molar-refractivity contribution is -0.115. The third-order valence-corrected chi connectivity index (χ3v) is 44.6. The van der Waals surface area contributed by atoms with Crippen LogP contribution in [0.1, 0.15) is 520 Å². The molecule has 16 fully saturated rings. The van der Waals surface area contributed by atoms with Gasteiger partial charge in [0.2, 0.25) is 0 Å². The van der Waals surface area contributed by atoms with E-state index in [0.717, 1.165) is 201 Å². The molecule has 694 valence electrons. The van der Waals surface area contributed by atoms with Gasteiger partial charge in [-0.3, -0.25) is 0 Å². The first kappa shape index (κ1) is 99.6. The minimum absolute atomic E-state index is 0.609. The predicted octanol–water partition coefficient (Wildman–Crippen LogP) is 38.2. The third kappa shape index (κ3) is 24.6. The fourth-order valence-electron chi connectivity index (χ4n) is 36.2. The standard InChI is InChI=1S/4C20H36.C20H40.C19H34/c1-13(2)16-6-9-19-17(12-16)7-8-18-15(4)14(3)10-11-20(18,19)5;1-14(2)15-7-8-16-13-18-6-5-11-20(3,4)19(18)10-9-17(16)12-15;1-5-7-15-8-10-17-16(14-15)9-11-18-19(2,3)12-6-13-20(17,18)4;1-5-6-16-7-9-19-17(13-16)8-10-18-15(3)14(2)11-12-20(18,19)4;1-16(2)20-14-12-18(4)10-6-8-17(3)9-7-11-19(5)13-15-20;1-13(2)14-7-9-16-15(12-14)8-10-18-17(16)6-5-11-19(18,3)4/h13-19H,6-12H2,1-5H3;14-19H,5-13H2,1-4H3;15-18H,5-14H2,1-4H3;14-19H,5-13H2,1-4H3;16-20H,6-15H2,1-5H3;13-18H,5-12H2,1-4H3. The van der Waals surface area contributed by atoms with Crippen molar-refractivity contribution >= 4 is 0 Å². The largest absolute Gasteiger partial charge is 0.0654 e. The summed E-state index contributed by atoms with van der Waals surface area (Å²) in [7, 11) is 0. The number of rotatable bonds is 8. The van der Waals surface area contributed by atoms with Gasteiger partial charge in [-0.1, -0.05) is 296 Å². The zero-order chi connectivity index (χ0) is 86.1. The fraction of sp³-hybridized carbons (Fsp3) is 1.00. The molecule has 0 bridgehead atoms. The molecule has 16 saturated carbocycles. The second-order valence-corrected chi connectivity index (χ2v) is 54.2. The lowest BCUT2D eigenvalue weighted by Gasteiger charge is -2.61. The van der Waals surface area contributed by atoms with Gasteiger partial charge in [0.15, 0.2) is 0 Å². The van der Waals surface area contributed by atoms with Gasteiger partial charge in [0.1, 0.15) is 0 Å². The molecule has 0 heteroatoms. The molecule has 0 aromatic rings. The Morgan fingerprint density at radius 1 is 0.235 bits per heavy atom. The second kappa shape index (κ2) is 44.3. The van der Waals surface area contributed by atoms with Crippen LogP contribution in [0.4, 0.5) is 0 Å². The van der Waals surface area contributed by atoms with E-state index < -0.39 is 0 Å². The van der Waals surface area contributed by atoms with Crippen molar-refractivity contribution < 1.29 is 0 Å². The molecule has 0 nitrogen and oxygen atoms in total. The van der Waals surface area contributed by atoms with Crippen LogP contribution in [-0.2, 0) is 0 Å². The molecule has 0 aromatic heterocycles. The minimum Gasteiger partial charge on any atom is -0.0654 e. The van der Waals surface area contributed by atoms with E-state index in [-0.39, 0.29) is 0 Å². The first-order valence-corrected chi connectivity index (χ1v) is 56.4. The molecule has 31 atom stereocenters. The first-order chi connectivity index (χ1) is 56.4. The number of hydrogen-bond acceptors (Lipinski definition) is 0. The maximum atomic E-state index is 2.69. The van der Waals surface area contributed by atoms with Crippen molar-refractivity contribution in [1.82, 2.24) is 0 Å². The third-order valence-electron chi connectivity index (χ3n) is 44.6. The van der Waals surface area contributed by atoms with Gasteiger partial charge in [-0.25, -0.2) is 0 Å². The number of fused-ring (bicyclic) bond motifs is 14. The van der Waals surface area contributed by atoms with Crippen LogP contribution in [0.15, 0.2) is 0 Å². The van der Waals surface area contributed by atoms with Crippen LogP contribution in [-0.4, -0.2) is 0 Å². The molecule has 0 aromatic carbocycles. The first-order valence-electron chi connectivity index (χ1n) is 56.4. The molecule has 0 spiro atoms. The van der Waals surface area contributed by atoms with Crippen molar-refractivity contribution in [3.8, 4) is 0 Å². The van der Waals surface area contributed by atoms with E-state index in [1.807, 2.05) is 0 Å². The van der Waals surface area contributed by atoms with Crippen molar-refractivity contribution in [3.05, 3.63) is 0 Å². The van der Waals surface area contributed by atoms with Crippen LogP contribution >= 0.6 is 0 Å². The zero-order valence-electron chi connectivity index (χ0n) is 86.1. The van der Waals surface area contributed by atoms with E-state index in [9.17, 15) is 0 Å². The maximum Gasteiger partial charge on any atom is -0.0261 e. The zero-order valence-corrected chi connectivity index (χ0v) is 86.1. The summed E-state index contributed by atoms with van der Waals surface area (Å²) in [5.41, 5.74) is 3.96. The molecule has 119 heavy (non-hydrogen) atoms. The van der Waals surface area contributed by atoms with Gasteiger partial charge in [-0.15, -0.1) is 0 Å². The van der Waals surface area contributed by atoms with Crippen LogP contribution in [0.25, 0.3) is 0 Å². The van der Waals surface area contributed by atoms with Crippen LogP contribution in [0.5, 0.6) is 0 Å². The highest BCUT2D eigenvalue weighted by molar-refractivity contribution is 5.08. The van der Waals surface area contributed by atoms with Crippen molar-refractivity contribution in [1.29, 1.82) is 0 Å². The normalized spacial score (nSPS) is 46.3. The number of hydrogen-bond donors (Lipinski definition) is 0. The summed E-state index contributed by atoms with van der Waals surface area (Å²) in [5.74, 6) is 34.7. The summed E-state index contributed by atoms with van der Waals surface area (Å²) in [6, 6.07) is 0. The molecule has 0 N–H and O–H groups in total. The molecule has 16 rings (SSSR count). The topological polar surface area (TPSA) is 0 Å². The highest BCUT2D eigenvalue weighted by Gasteiger charge is 2.59. The Bertz CT molecular complexity index is 2850. The quantitative estimate of drug-likeness (QED) is 0.227. The Morgan fingerprint density at radius 3 is 1.12 bits per heavy atom. The Labute approximate surface area is 749 Å². The van der Waals surface area contributed by atoms with Crippen LogP contribution in [0, 0.1) is 234 Å². The summed E-state index contributed by atoms with van der Waals surface area (Å²) in [4.78, 5) is 0. The predicted molar refractivity (Wildman–Crippen MR) is 525 cm³/mol. The molecule has 16 aliphatic carbocycles. The van der Waals surface area contributed by atoms with E-state index >= 15 is 0 Å². The summed E-state index contributed by atoms with van der Waals surface area (Å²) < 4.78 is 0. The highest BCUT2D eigenvalue weighted by atomic mass is 14.6. The lowest BCUT2D eigenvalue weighted by atomic mass is 9.44. The summed E-state index contributed by atoms with van der Waals surface area (Å²) in [6.45, 7) is 65.3. The van der Waals surface area contributed by atoms with E-state index in [0.29, 0.717) is 32.5 Å². The van der Waals surface area contributed by atoms with Gasteiger partial charge < -0.3 is 0 Å². The van der Waals surface area contributed by atoms with Gasteiger partial charge in [-0.2, -0.15) is 0 Å². The van der Waals surface area contributed by atoms with Gasteiger partial charge in [0, 0.05) is 0 Å². The summed E-state index contributed by atoms with van der Waals surface area (Å²) in [5, 5.41) is 0. The molecule has 0 aliphatic heterocycles. The van der Waals surface area contributed by atoms with Crippen LogP contribution in [0.3, 0.4) is 0 Å². The van der Waals surface area contributed by atoms with E-state index in [1.54, 1.807) is 141 Å². The van der Waals surface area contributed by atoms with Crippen LogP contribution < -0.4 is 0 Å². The van der Waals surface area contributed by atoms with Gasteiger partial charge >= 0.3 is 0 Å². The van der Waals surface area contributed by atoms with E-state index in [4.69, 9.17) is 0 Å². The van der Waals surface area contributed by atoms with Crippen LogP contribution in [0.2, 0.25) is 0 Å². The van der Waals surface area contributed by atoms with Gasteiger partial charge in [0.05, 0.1) is 0 Å². The minimum atomic E-state index is 0.609. The highest BCUT2D eigenvalue weighted by Crippen LogP contribution is 2.68. The Hall–Kier alpha value is 0. The molecule has 16 aliphatic rings. The fourth-order valence-corrected chi connectivity index (χ4v) is 36.2. The SMILES string of the molecule is CC(C)C1CCC2C(CCC3C(C)C(C)CCC23C)C1.CC(C)C1CCC2C(CCC3C2CCCC3(C)C)C1.CC(C)C1CCC2CC3CCCC(C)(C)C3CCC2C1.CC1CCCC(C)CCC(C(C)C)CCC(C)CCC1.CCCC1CCC2C(CCC3C(C)(C)CCCC23C)C1.CCCC1CCC2C(CCC3C(C)C(C)CCC23C)C1. The molecule has 0 saturated heterocycles. The van der Waals surface area contributed by atoms with Crippen molar-refractivity contribution in [2.24, 2.45) is 234 Å².